The molecule has 0 fully saturated rings. The molecule has 0 radical (unpaired) electrons. The first kappa shape index (κ1) is 27.6. The van der Waals surface area contributed by atoms with Crippen LogP contribution in [0.5, 0.6) is 23.0 Å². The van der Waals surface area contributed by atoms with Crippen molar-refractivity contribution in [1.29, 1.82) is 0 Å². The number of esters is 4. The van der Waals surface area contributed by atoms with Crippen molar-refractivity contribution >= 4 is 45.4 Å². The Morgan fingerprint density at radius 3 is 0.947 bits per heavy atom. The molecule has 0 aliphatic carbocycles. The number of hydrogen-bond donors (Lipinski definition) is 0. The first-order chi connectivity index (χ1) is 17.8. The van der Waals surface area contributed by atoms with Crippen LogP contribution >= 0.6 is 0 Å². The Morgan fingerprint density at radius 1 is 0.474 bits per heavy atom. The second-order valence-corrected chi connectivity index (χ2v) is 8.79. The third-order valence-electron chi connectivity index (χ3n) is 5.17. The van der Waals surface area contributed by atoms with Gasteiger partial charge in [-0.2, -0.15) is 0 Å². The molecule has 3 aromatic carbocycles. The molecule has 0 amide bonds. The molecule has 0 saturated carbocycles. The van der Waals surface area contributed by atoms with E-state index in [2.05, 4.69) is 26.3 Å². The van der Waals surface area contributed by atoms with Gasteiger partial charge in [-0.3, -0.25) is 0 Å². The summed E-state index contributed by atoms with van der Waals surface area (Å²) in [6.07, 6.45) is 0. The van der Waals surface area contributed by atoms with Crippen molar-refractivity contribution in [2.45, 2.75) is 27.7 Å². The Hall–Kier alpha value is -4.98. The summed E-state index contributed by atoms with van der Waals surface area (Å²) in [5, 5.41) is 2.35. The van der Waals surface area contributed by atoms with Gasteiger partial charge in [0.25, 0.3) is 0 Å². The predicted octanol–water partition coefficient (Wildman–Crippen LogP) is 5.92. The van der Waals surface area contributed by atoms with Crippen LogP contribution in [0.4, 0.5) is 0 Å². The van der Waals surface area contributed by atoms with E-state index in [4.69, 9.17) is 18.9 Å². The SMILES string of the molecule is C=C(C)C(=O)Oc1cc2ccc3cc(OC(=O)C(=C)C)c(OC(=O)C(=C)C)cc3c2cc1OC(=O)C(=C)C. The lowest BCUT2D eigenvalue weighted by atomic mass is 10.0. The number of carbonyl (C=O) groups excluding carboxylic acids is 4. The van der Waals surface area contributed by atoms with Crippen LogP contribution in [0.1, 0.15) is 27.7 Å². The molecular weight excluding hydrogens is 488 g/mol. The topological polar surface area (TPSA) is 105 Å². The maximum atomic E-state index is 12.3. The molecule has 0 atom stereocenters. The Bertz CT molecular complexity index is 1470. The Balaban J connectivity index is 2.29. The Labute approximate surface area is 219 Å². The second-order valence-electron chi connectivity index (χ2n) is 8.79. The van der Waals surface area contributed by atoms with Gasteiger partial charge in [0, 0.05) is 22.3 Å². The maximum absolute atomic E-state index is 12.3. The number of carbonyl (C=O) groups is 4. The molecule has 3 aromatic rings. The first-order valence-electron chi connectivity index (χ1n) is 11.3. The summed E-state index contributed by atoms with van der Waals surface area (Å²) < 4.78 is 21.7. The highest BCUT2D eigenvalue weighted by molar-refractivity contribution is 6.10. The van der Waals surface area contributed by atoms with Crippen molar-refractivity contribution in [1.82, 2.24) is 0 Å². The van der Waals surface area contributed by atoms with Crippen LogP contribution < -0.4 is 18.9 Å². The van der Waals surface area contributed by atoms with Crippen molar-refractivity contribution in [2.75, 3.05) is 0 Å². The molecule has 0 aliphatic rings. The molecule has 0 unspecified atom stereocenters. The van der Waals surface area contributed by atoms with Crippen molar-refractivity contribution in [2.24, 2.45) is 0 Å². The van der Waals surface area contributed by atoms with E-state index in [9.17, 15) is 19.2 Å². The summed E-state index contributed by atoms with van der Waals surface area (Å²) in [5.74, 6) is -2.91. The summed E-state index contributed by atoms with van der Waals surface area (Å²) in [4.78, 5) is 49.1. The van der Waals surface area contributed by atoms with Gasteiger partial charge < -0.3 is 18.9 Å². The monoisotopic (exact) mass is 514 g/mol. The van der Waals surface area contributed by atoms with Crippen molar-refractivity contribution in [3.63, 3.8) is 0 Å². The lowest BCUT2D eigenvalue weighted by molar-refractivity contribution is -0.132. The molecule has 3 rings (SSSR count). The van der Waals surface area contributed by atoms with Crippen LogP contribution in [0.3, 0.4) is 0 Å². The van der Waals surface area contributed by atoms with Gasteiger partial charge in [-0.25, -0.2) is 19.2 Å². The lowest BCUT2D eigenvalue weighted by Crippen LogP contribution is -2.13. The lowest BCUT2D eigenvalue weighted by Gasteiger charge is -2.15. The minimum absolute atomic E-state index is 0.000363. The van der Waals surface area contributed by atoms with Gasteiger partial charge in [0.2, 0.25) is 0 Å². The highest BCUT2D eigenvalue weighted by atomic mass is 16.6. The fourth-order valence-electron chi connectivity index (χ4n) is 3.14. The smallest absolute Gasteiger partial charge is 0.338 e. The molecule has 0 aromatic heterocycles. The third-order valence-corrected chi connectivity index (χ3v) is 5.17. The van der Waals surface area contributed by atoms with E-state index in [1.165, 1.54) is 52.0 Å². The number of hydrogen-bond acceptors (Lipinski definition) is 8. The van der Waals surface area contributed by atoms with E-state index in [0.717, 1.165) is 0 Å². The molecule has 0 saturated heterocycles. The zero-order valence-corrected chi connectivity index (χ0v) is 21.6. The summed E-state index contributed by atoms with van der Waals surface area (Å²) in [7, 11) is 0. The summed E-state index contributed by atoms with van der Waals surface area (Å²) in [6, 6.07) is 9.58. The van der Waals surface area contributed by atoms with Crippen LogP contribution in [0, 0.1) is 0 Å². The predicted molar refractivity (Wildman–Crippen MR) is 143 cm³/mol. The van der Waals surface area contributed by atoms with E-state index < -0.39 is 23.9 Å². The molecule has 194 valence electrons. The van der Waals surface area contributed by atoms with Crippen LogP contribution in [-0.2, 0) is 19.2 Å². The fourth-order valence-corrected chi connectivity index (χ4v) is 3.14. The van der Waals surface area contributed by atoms with E-state index in [-0.39, 0.29) is 45.3 Å². The van der Waals surface area contributed by atoms with Gasteiger partial charge in [0.05, 0.1) is 0 Å². The van der Waals surface area contributed by atoms with Crippen LogP contribution in [-0.4, -0.2) is 23.9 Å². The van der Waals surface area contributed by atoms with Crippen molar-refractivity contribution in [3.05, 3.63) is 85.0 Å². The highest BCUT2D eigenvalue weighted by Gasteiger charge is 2.20. The largest absolute Gasteiger partial charge is 0.419 e. The summed E-state index contributed by atoms with van der Waals surface area (Å²) in [6.45, 7) is 20.2. The van der Waals surface area contributed by atoms with E-state index in [0.29, 0.717) is 21.5 Å². The van der Waals surface area contributed by atoms with Gasteiger partial charge in [-0.15, -0.1) is 0 Å². The van der Waals surface area contributed by atoms with Gasteiger partial charge >= 0.3 is 23.9 Å². The molecule has 0 heterocycles. The maximum Gasteiger partial charge on any atom is 0.338 e. The fraction of sp³-hybridized carbons (Fsp3) is 0.133. The third kappa shape index (κ3) is 6.04. The highest BCUT2D eigenvalue weighted by Crippen LogP contribution is 2.41. The molecule has 0 N–H and O–H groups in total. The minimum Gasteiger partial charge on any atom is -0.419 e. The minimum atomic E-state index is -0.720. The molecule has 8 nitrogen and oxygen atoms in total. The van der Waals surface area contributed by atoms with E-state index in [1.54, 1.807) is 12.1 Å². The number of benzene rings is 3. The van der Waals surface area contributed by atoms with Crippen molar-refractivity contribution < 1.29 is 38.1 Å². The van der Waals surface area contributed by atoms with E-state index in [1.807, 2.05) is 0 Å². The zero-order valence-electron chi connectivity index (χ0n) is 21.6. The second kappa shape index (κ2) is 11.0. The van der Waals surface area contributed by atoms with Crippen LogP contribution in [0.2, 0.25) is 0 Å². The van der Waals surface area contributed by atoms with Crippen molar-refractivity contribution in [3.8, 4) is 23.0 Å². The molecule has 0 bridgehead atoms. The Morgan fingerprint density at radius 2 is 0.711 bits per heavy atom. The average Bonchev–Trinajstić information content (AvgIpc) is 2.84. The molecule has 0 spiro atoms. The normalized spacial score (nSPS) is 10.4. The number of ether oxygens (including phenoxy) is 4. The first-order valence-corrected chi connectivity index (χ1v) is 11.3. The van der Waals surface area contributed by atoms with Crippen LogP contribution in [0.15, 0.2) is 85.0 Å². The van der Waals surface area contributed by atoms with E-state index >= 15 is 0 Å². The average molecular weight is 515 g/mol. The standard InChI is InChI=1S/C30H26O8/c1-15(2)27(31)35-23-11-19-9-10-20-12-24(36-28(32)16(3)4)26(38-30(34)18(7)8)14-22(20)21(19)13-25(23)37-29(33)17(5)6/h9-14H,1,3,5,7H2,2,4,6,8H3. The Kier molecular flexibility index (Phi) is 7.96. The number of rotatable bonds is 8. The summed E-state index contributed by atoms with van der Waals surface area (Å²) in [5.41, 5.74) is 0.583. The number of fused-ring (bicyclic) bond motifs is 3. The van der Waals surface area contributed by atoms with Gasteiger partial charge in [-0.05, 0) is 73.5 Å². The van der Waals surface area contributed by atoms with Crippen LogP contribution in [0.25, 0.3) is 21.5 Å². The van der Waals surface area contributed by atoms with Gasteiger partial charge in [0.1, 0.15) is 0 Å². The summed E-state index contributed by atoms with van der Waals surface area (Å²) >= 11 is 0. The van der Waals surface area contributed by atoms with Gasteiger partial charge in [-0.1, -0.05) is 38.4 Å². The van der Waals surface area contributed by atoms with Gasteiger partial charge in [0.15, 0.2) is 23.0 Å². The molecular formula is C30H26O8. The molecule has 0 aliphatic heterocycles. The molecule has 8 heteroatoms. The molecule has 38 heavy (non-hydrogen) atoms. The quantitative estimate of drug-likeness (QED) is 0.158. The zero-order chi connectivity index (χ0) is 28.3.